The normalized spacial score (nSPS) is 14.3. The standard InChI is InChI=1S/C48H40N4O7/c1-56-38-17-9-5-13-29(38)45(33-21-22-34(49-33)46(36-25-28-44(53)52-36)30-14-6-10-18-39(30)57-2)35-23-26-42(50-35)48(55,32-16-8-12-20-41(32)59-4)43-27-24-37(51-43)47(54)31-15-7-11-19-40(31)58-3/h5-28,49-51,55H,1-4H3/b45-33-,46-34+. The van der Waals surface area contributed by atoms with Crippen LogP contribution in [0, 0.1) is 0 Å². The van der Waals surface area contributed by atoms with Crippen molar-refractivity contribution in [2.24, 2.45) is 4.99 Å². The Labute approximate surface area is 339 Å². The van der Waals surface area contributed by atoms with Crippen molar-refractivity contribution in [3.05, 3.63) is 201 Å². The molecule has 3 aromatic heterocycles. The summed E-state index contributed by atoms with van der Waals surface area (Å²) in [7, 11) is 6.27. The Hall–Kier alpha value is -7.63. The average Bonchev–Trinajstić information content (AvgIpc) is 4.13. The van der Waals surface area contributed by atoms with Gasteiger partial charge < -0.3 is 39.0 Å². The maximum Gasteiger partial charge on any atom is 0.270 e. The summed E-state index contributed by atoms with van der Waals surface area (Å²) >= 11 is 0. The van der Waals surface area contributed by atoms with Crippen LogP contribution in [0.25, 0.3) is 11.1 Å². The first-order valence-electron chi connectivity index (χ1n) is 18.7. The fourth-order valence-electron chi connectivity index (χ4n) is 7.57. The lowest BCUT2D eigenvalue weighted by atomic mass is 9.86. The number of methoxy groups -OCH3 is 4. The van der Waals surface area contributed by atoms with Crippen LogP contribution in [0.1, 0.15) is 49.8 Å². The summed E-state index contributed by atoms with van der Waals surface area (Å²) in [5.74, 6) is 1.45. The Morgan fingerprint density at radius 1 is 0.525 bits per heavy atom. The van der Waals surface area contributed by atoms with Gasteiger partial charge in [-0.3, -0.25) is 9.59 Å². The van der Waals surface area contributed by atoms with Gasteiger partial charge in [0.25, 0.3) is 5.91 Å². The average molecular weight is 785 g/mol. The predicted molar refractivity (Wildman–Crippen MR) is 225 cm³/mol. The summed E-state index contributed by atoms with van der Waals surface area (Å²) in [4.78, 5) is 40.9. The summed E-state index contributed by atoms with van der Waals surface area (Å²) in [5, 5.41) is 14.5. The molecule has 0 saturated carbocycles. The lowest BCUT2D eigenvalue weighted by Gasteiger charge is -2.29. The highest BCUT2D eigenvalue weighted by Gasteiger charge is 2.40. The molecular weight excluding hydrogens is 745 g/mol. The monoisotopic (exact) mass is 784 g/mol. The van der Waals surface area contributed by atoms with Crippen LogP contribution in [-0.4, -0.2) is 65.9 Å². The zero-order valence-corrected chi connectivity index (χ0v) is 32.7. The molecule has 0 saturated heterocycles. The third-order valence-corrected chi connectivity index (χ3v) is 10.4. The lowest BCUT2D eigenvalue weighted by Crippen LogP contribution is -2.30. The van der Waals surface area contributed by atoms with E-state index in [9.17, 15) is 14.7 Å². The van der Waals surface area contributed by atoms with E-state index in [1.54, 1.807) is 82.0 Å². The van der Waals surface area contributed by atoms with E-state index in [0.29, 0.717) is 73.2 Å². The molecule has 0 spiro atoms. The van der Waals surface area contributed by atoms with Crippen LogP contribution in [0.4, 0.5) is 0 Å². The zero-order valence-electron chi connectivity index (χ0n) is 32.7. The quantitative estimate of drug-likeness (QED) is 0.102. The molecule has 0 radical (unpaired) electrons. The SMILES string of the molecule is COc1ccccc1C(=O)c1ccc(C(O)(c2ccc(/C(c3ccccc3OC)=c3/cc/c(=C(\C4=NC(=O)C=C4)c4ccccc4OC)[nH]3)[nH]2)c2ccccc2OC)[nH]1. The number of nitrogens with one attached hydrogen (secondary N) is 3. The molecule has 1 aliphatic heterocycles. The number of hydrogen-bond donors (Lipinski definition) is 4. The van der Waals surface area contributed by atoms with Crippen molar-refractivity contribution in [2.45, 2.75) is 5.60 Å². The number of rotatable bonds is 13. The second-order valence-electron chi connectivity index (χ2n) is 13.6. The van der Waals surface area contributed by atoms with E-state index in [1.165, 1.54) is 13.2 Å². The molecule has 11 heteroatoms. The highest BCUT2D eigenvalue weighted by atomic mass is 16.5. The number of aromatic amines is 3. The molecule has 294 valence electrons. The van der Waals surface area contributed by atoms with Gasteiger partial charge in [0.05, 0.1) is 56.8 Å². The Kier molecular flexibility index (Phi) is 10.4. The Morgan fingerprint density at radius 3 is 1.58 bits per heavy atom. The third kappa shape index (κ3) is 6.93. The van der Waals surface area contributed by atoms with Crippen LogP contribution in [0.3, 0.4) is 0 Å². The second kappa shape index (κ2) is 16.1. The van der Waals surface area contributed by atoms with Gasteiger partial charge in [0.15, 0.2) is 5.60 Å². The molecule has 11 nitrogen and oxygen atoms in total. The number of benzene rings is 4. The number of allylic oxidation sites excluding steroid dienone is 1. The van der Waals surface area contributed by atoms with E-state index in [0.717, 1.165) is 16.7 Å². The maximum atomic E-state index is 13.8. The zero-order chi connectivity index (χ0) is 41.1. The summed E-state index contributed by atoms with van der Waals surface area (Å²) in [5.41, 5.74) is 3.95. The first-order chi connectivity index (χ1) is 28.8. The van der Waals surface area contributed by atoms with Crippen LogP contribution in [0.15, 0.2) is 151 Å². The smallest absolute Gasteiger partial charge is 0.270 e. The van der Waals surface area contributed by atoms with Crippen LogP contribution in [-0.2, 0) is 10.4 Å². The number of ketones is 1. The molecule has 0 fully saturated rings. The number of carbonyl (C=O) groups excluding carboxylic acids is 2. The number of hydrogen-bond acceptors (Lipinski definition) is 7. The first-order valence-corrected chi connectivity index (χ1v) is 18.7. The fraction of sp³-hybridized carbons (Fsp3) is 0.104. The summed E-state index contributed by atoms with van der Waals surface area (Å²) < 4.78 is 22.9. The van der Waals surface area contributed by atoms with Crippen molar-refractivity contribution < 1.29 is 33.6 Å². The summed E-state index contributed by atoms with van der Waals surface area (Å²) in [6.07, 6.45) is 3.13. The largest absolute Gasteiger partial charge is 0.496 e. The summed E-state index contributed by atoms with van der Waals surface area (Å²) in [6.45, 7) is 0. The highest BCUT2D eigenvalue weighted by molar-refractivity contribution is 6.35. The third-order valence-electron chi connectivity index (χ3n) is 10.4. The number of aromatic nitrogens is 3. The fourth-order valence-corrected chi connectivity index (χ4v) is 7.57. The molecule has 1 amide bonds. The number of H-pyrrole nitrogens is 3. The number of aliphatic imine (C=N–C) groups is 1. The van der Waals surface area contributed by atoms with Gasteiger partial charge in [-0.05, 0) is 72.8 Å². The number of amides is 1. The molecule has 8 rings (SSSR count). The molecule has 0 bridgehead atoms. The number of ether oxygens (including phenoxy) is 4. The highest BCUT2D eigenvalue weighted by Crippen LogP contribution is 2.42. The molecule has 4 N–H and O–H groups in total. The molecule has 1 atom stereocenters. The number of aliphatic hydroxyl groups is 1. The maximum absolute atomic E-state index is 13.8. The van der Waals surface area contributed by atoms with Gasteiger partial charge in [0, 0.05) is 50.3 Å². The van der Waals surface area contributed by atoms with Crippen LogP contribution < -0.4 is 29.6 Å². The van der Waals surface area contributed by atoms with Crippen LogP contribution >= 0.6 is 0 Å². The minimum absolute atomic E-state index is 0.260. The predicted octanol–water partition coefficient (Wildman–Crippen LogP) is 6.20. The Bertz CT molecular complexity index is 2910. The van der Waals surface area contributed by atoms with Crippen molar-refractivity contribution in [3.63, 3.8) is 0 Å². The van der Waals surface area contributed by atoms with Gasteiger partial charge in [-0.15, -0.1) is 0 Å². The second-order valence-corrected chi connectivity index (χ2v) is 13.6. The number of nitrogens with zero attached hydrogens (tertiary/aromatic N) is 1. The molecule has 0 aliphatic carbocycles. The van der Waals surface area contributed by atoms with Crippen molar-refractivity contribution in [1.29, 1.82) is 0 Å². The molecule has 7 aromatic rings. The van der Waals surface area contributed by atoms with Crippen molar-refractivity contribution in [2.75, 3.05) is 28.4 Å². The van der Waals surface area contributed by atoms with Crippen LogP contribution in [0.2, 0.25) is 0 Å². The van der Waals surface area contributed by atoms with Gasteiger partial charge in [0.1, 0.15) is 23.0 Å². The Balaban J connectivity index is 1.35. The number of carbonyl (C=O) groups is 2. The van der Waals surface area contributed by atoms with Crippen molar-refractivity contribution in [1.82, 2.24) is 15.0 Å². The van der Waals surface area contributed by atoms with Gasteiger partial charge in [-0.1, -0.05) is 66.7 Å². The topological polar surface area (TPSA) is 151 Å². The summed E-state index contributed by atoms with van der Waals surface area (Å²) in [6, 6.07) is 40.3. The first kappa shape index (κ1) is 38.3. The molecule has 59 heavy (non-hydrogen) atoms. The van der Waals surface area contributed by atoms with E-state index in [-0.39, 0.29) is 17.4 Å². The minimum atomic E-state index is -1.87. The van der Waals surface area contributed by atoms with Gasteiger partial charge in [0.2, 0.25) is 5.78 Å². The van der Waals surface area contributed by atoms with Gasteiger partial charge in [-0.25, -0.2) is 4.99 Å². The van der Waals surface area contributed by atoms with E-state index >= 15 is 0 Å². The van der Waals surface area contributed by atoms with Crippen LogP contribution in [0.5, 0.6) is 23.0 Å². The minimum Gasteiger partial charge on any atom is -0.496 e. The van der Waals surface area contributed by atoms with E-state index in [4.69, 9.17) is 18.9 Å². The number of para-hydroxylation sites is 4. The van der Waals surface area contributed by atoms with E-state index in [2.05, 4.69) is 19.9 Å². The Morgan fingerprint density at radius 2 is 1.00 bits per heavy atom. The van der Waals surface area contributed by atoms with E-state index < -0.39 is 5.60 Å². The molecule has 4 aromatic carbocycles. The molecule has 4 heterocycles. The molecule has 1 aliphatic rings. The van der Waals surface area contributed by atoms with E-state index in [1.807, 2.05) is 78.9 Å². The van der Waals surface area contributed by atoms with Crippen molar-refractivity contribution in [3.8, 4) is 23.0 Å². The lowest BCUT2D eigenvalue weighted by molar-refractivity contribution is -0.113. The molecule has 1 unspecified atom stereocenters. The van der Waals surface area contributed by atoms with Gasteiger partial charge >= 0.3 is 0 Å². The van der Waals surface area contributed by atoms with Gasteiger partial charge in [-0.2, -0.15) is 0 Å². The van der Waals surface area contributed by atoms with Crippen molar-refractivity contribution >= 4 is 28.5 Å². The molecular formula is C48H40N4O7.